The van der Waals surface area contributed by atoms with Crippen LogP contribution in [0.2, 0.25) is 0 Å². The fourth-order valence-corrected chi connectivity index (χ4v) is 1.92. The summed E-state index contributed by atoms with van der Waals surface area (Å²) in [6, 6.07) is 0. The van der Waals surface area contributed by atoms with Crippen molar-refractivity contribution in [2.24, 2.45) is 11.8 Å². The summed E-state index contributed by atoms with van der Waals surface area (Å²) in [7, 11) is 0. The zero-order valence-electron chi connectivity index (χ0n) is 8.97. The van der Waals surface area contributed by atoms with Crippen molar-refractivity contribution in [3.63, 3.8) is 0 Å². The SMILES string of the molecule is CC(=O)N1CC(O)C(O)C(C(C)C)C1. The molecule has 14 heavy (non-hydrogen) atoms. The summed E-state index contributed by atoms with van der Waals surface area (Å²) in [5.74, 6) is 0.200. The number of β-amino-alcohol motifs (C(OH)–C–C–N with tert-alkyl or cyclic N) is 1. The summed E-state index contributed by atoms with van der Waals surface area (Å²) >= 11 is 0. The van der Waals surface area contributed by atoms with Crippen LogP contribution in [0, 0.1) is 11.8 Å². The van der Waals surface area contributed by atoms with Crippen LogP contribution < -0.4 is 0 Å². The molecule has 0 radical (unpaired) electrons. The molecule has 4 nitrogen and oxygen atoms in total. The third kappa shape index (κ3) is 2.25. The van der Waals surface area contributed by atoms with Crippen molar-refractivity contribution in [1.82, 2.24) is 4.90 Å². The van der Waals surface area contributed by atoms with E-state index in [4.69, 9.17) is 0 Å². The van der Waals surface area contributed by atoms with Crippen LogP contribution in [0.1, 0.15) is 20.8 Å². The zero-order valence-corrected chi connectivity index (χ0v) is 8.97. The lowest BCUT2D eigenvalue weighted by Crippen LogP contribution is -2.55. The van der Waals surface area contributed by atoms with Gasteiger partial charge >= 0.3 is 0 Å². The Balaban J connectivity index is 2.71. The molecule has 0 saturated carbocycles. The number of nitrogens with zero attached hydrogens (tertiary/aromatic N) is 1. The van der Waals surface area contributed by atoms with Crippen LogP contribution in [0.5, 0.6) is 0 Å². The quantitative estimate of drug-likeness (QED) is 0.620. The lowest BCUT2D eigenvalue weighted by atomic mass is 9.84. The molecule has 0 aliphatic carbocycles. The van der Waals surface area contributed by atoms with Gasteiger partial charge in [0, 0.05) is 25.9 Å². The summed E-state index contributed by atoms with van der Waals surface area (Å²) in [6.07, 6.45) is -1.51. The van der Waals surface area contributed by atoms with Gasteiger partial charge in [-0.2, -0.15) is 0 Å². The van der Waals surface area contributed by atoms with E-state index in [0.717, 1.165) is 0 Å². The maximum Gasteiger partial charge on any atom is 0.219 e. The molecule has 4 heteroatoms. The minimum Gasteiger partial charge on any atom is -0.390 e. The molecule has 3 unspecified atom stereocenters. The molecule has 0 aromatic rings. The molecule has 1 fully saturated rings. The van der Waals surface area contributed by atoms with Gasteiger partial charge < -0.3 is 15.1 Å². The largest absolute Gasteiger partial charge is 0.390 e. The number of rotatable bonds is 1. The van der Waals surface area contributed by atoms with Crippen molar-refractivity contribution in [2.75, 3.05) is 13.1 Å². The van der Waals surface area contributed by atoms with Crippen molar-refractivity contribution < 1.29 is 15.0 Å². The molecule has 3 atom stereocenters. The van der Waals surface area contributed by atoms with Gasteiger partial charge in [0.1, 0.15) is 0 Å². The fourth-order valence-electron chi connectivity index (χ4n) is 1.92. The maximum atomic E-state index is 11.2. The molecular formula is C10H19NO3. The zero-order chi connectivity index (χ0) is 10.9. The van der Waals surface area contributed by atoms with Gasteiger partial charge in [-0.15, -0.1) is 0 Å². The van der Waals surface area contributed by atoms with Crippen LogP contribution in [-0.4, -0.2) is 46.3 Å². The van der Waals surface area contributed by atoms with Gasteiger partial charge in [-0.3, -0.25) is 4.79 Å². The molecule has 1 heterocycles. The molecule has 0 bridgehead atoms. The van der Waals surface area contributed by atoms with Crippen LogP contribution in [0.25, 0.3) is 0 Å². The standard InChI is InChI=1S/C10H19NO3/c1-6(2)8-4-11(7(3)12)5-9(13)10(8)14/h6,8-10,13-14H,4-5H2,1-3H3. The van der Waals surface area contributed by atoms with Gasteiger partial charge in [0.2, 0.25) is 5.91 Å². The Morgan fingerprint density at radius 3 is 2.36 bits per heavy atom. The van der Waals surface area contributed by atoms with Crippen molar-refractivity contribution >= 4 is 5.91 Å². The van der Waals surface area contributed by atoms with E-state index in [9.17, 15) is 15.0 Å². The normalized spacial score (nSPS) is 33.6. The molecule has 1 saturated heterocycles. The molecule has 82 valence electrons. The van der Waals surface area contributed by atoms with Gasteiger partial charge in [-0.05, 0) is 5.92 Å². The average molecular weight is 201 g/mol. The van der Waals surface area contributed by atoms with Gasteiger partial charge in [0.15, 0.2) is 0 Å². The highest BCUT2D eigenvalue weighted by Crippen LogP contribution is 2.24. The number of hydrogen-bond acceptors (Lipinski definition) is 3. The van der Waals surface area contributed by atoms with E-state index in [2.05, 4.69) is 0 Å². The molecule has 1 rings (SSSR count). The number of piperidine rings is 1. The molecular weight excluding hydrogens is 182 g/mol. The van der Waals surface area contributed by atoms with Crippen LogP contribution in [0.15, 0.2) is 0 Å². The van der Waals surface area contributed by atoms with E-state index in [-0.39, 0.29) is 24.3 Å². The minimum absolute atomic E-state index is 0.0253. The van der Waals surface area contributed by atoms with Gasteiger partial charge in [0.05, 0.1) is 12.2 Å². The van der Waals surface area contributed by atoms with Crippen molar-refractivity contribution in [3.8, 4) is 0 Å². The Bertz CT molecular complexity index is 217. The Hall–Kier alpha value is -0.610. The smallest absolute Gasteiger partial charge is 0.219 e. The summed E-state index contributed by atoms with van der Waals surface area (Å²) < 4.78 is 0. The maximum absolute atomic E-state index is 11.2. The number of amides is 1. The molecule has 0 aromatic carbocycles. The van der Waals surface area contributed by atoms with E-state index >= 15 is 0 Å². The first kappa shape index (κ1) is 11.5. The Labute approximate surface area is 84.5 Å². The molecule has 1 amide bonds. The lowest BCUT2D eigenvalue weighted by molar-refractivity contribution is -0.141. The van der Waals surface area contributed by atoms with E-state index in [1.54, 1.807) is 4.90 Å². The van der Waals surface area contributed by atoms with E-state index in [1.165, 1.54) is 6.92 Å². The van der Waals surface area contributed by atoms with E-state index in [1.807, 2.05) is 13.8 Å². The van der Waals surface area contributed by atoms with E-state index < -0.39 is 12.2 Å². The topological polar surface area (TPSA) is 60.8 Å². The van der Waals surface area contributed by atoms with Crippen molar-refractivity contribution in [3.05, 3.63) is 0 Å². The number of carbonyl (C=O) groups is 1. The molecule has 0 spiro atoms. The number of carbonyl (C=O) groups excluding carboxylic acids is 1. The first-order chi connectivity index (χ1) is 6.43. The predicted octanol–water partition coefficient (Wildman–Crippen LogP) is -0.158. The summed E-state index contributed by atoms with van der Waals surface area (Å²) in [5.41, 5.74) is 0. The Morgan fingerprint density at radius 1 is 1.36 bits per heavy atom. The summed E-state index contributed by atoms with van der Waals surface area (Å²) in [5, 5.41) is 19.3. The van der Waals surface area contributed by atoms with Crippen molar-refractivity contribution in [1.29, 1.82) is 0 Å². The van der Waals surface area contributed by atoms with Crippen LogP contribution in [-0.2, 0) is 4.79 Å². The van der Waals surface area contributed by atoms with E-state index in [0.29, 0.717) is 6.54 Å². The van der Waals surface area contributed by atoms with Crippen molar-refractivity contribution in [2.45, 2.75) is 33.0 Å². The second-order valence-corrected chi connectivity index (χ2v) is 4.39. The molecule has 1 aliphatic rings. The van der Waals surface area contributed by atoms with Gasteiger partial charge in [0.25, 0.3) is 0 Å². The monoisotopic (exact) mass is 201 g/mol. The average Bonchev–Trinajstić information content (AvgIpc) is 2.08. The van der Waals surface area contributed by atoms with Gasteiger partial charge in [-0.1, -0.05) is 13.8 Å². The molecule has 1 aliphatic heterocycles. The van der Waals surface area contributed by atoms with Crippen LogP contribution in [0.3, 0.4) is 0 Å². The number of aliphatic hydroxyl groups excluding tert-OH is 2. The summed E-state index contributed by atoms with van der Waals surface area (Å²) in [6.45, 7) is 6.27. The number of likely N-dealkylation sites (tertiary alicyclic amines) is 1. The first-order valence-corrected chi connectivity index (χ1v) is 5.05. The minimum atomic E-state index is -0.806. The molecule has 2 N–H and O–H groups in total. The third-order valence-electron chi connectivity index (χ3n) is 2.97. The lowest BCUT2D eigenvalue weighted by Gasteiger charge is -2.40. The highest BCUT2D eigenvalue weighted by Gasteiger charge is 2.36. The Morgan fingerprint density at radius 2 is 1.93 bits per heavy atom. The highest BCUT2D eigenvalue weighted by molar-refractivity contribution is 5.73. The number of hydrogen-bond donors (Lipinski definition) is 2. The Kier molecular flexibility index (Phi) is 3.50. The first-order valence-electron chi connectivity index (χ1n) is 5.05. The van der Waals surface area contributed by atoms with Crippen LogP contribution in [0.4, 0.5) is 0 Å². The number of aliphatic hydroxyl groups is 2. The highest BCUT2D eigenvalue weighted by atomic mass is 16.3. The summed E-state index contributed by atoms with van der Waals surface area (Å²) in [4.78, 5) is 12.8. The van der Waals surface area contributed by atoms with Crippen LogP contribution >= 0.6 is 0 Å². The third-order valence-corrected chi connectivity index (χ3v) is 2.97. The second kappa shape index (κ2) is 4.28. The molecule has 0 aromatic heterocycles. The predicted molar refractivity (Wildman–Crippen MR) is 52.6 cm³/mol. The fraction of sp³-hybridized carbons (Fsp3) is 0.900. The second-order valence-electron chi connectivity index (χ2n) is 4.39. The van der Waals surface area contributed by atoms with Gasteiger partial charge in [-0.25, -0.2) is 0 Å².